The van der Waals surface area contributed by atoms with Crippen LogP contribution < -0.4 is 32.6 Å². The maximum atomic E-state index is 12.9. The predicted molar refractivity (Wildman–Crippen MR) is 214 cm³/mol. The third-order valence-electron chi connectivity index (χ3n) is 10.4. The summed E-state index contributed by atoms with van der Waals surface area (Å²) in [5.74, 6) is -2.34. The fraction of sp³-hybridized carbons (Fsp3) is 0.385. The molecule has 10 N–H and O–H groups in total. The van der Waals surface area contributed by atoms with Crippen LogP contribution in [0.25, 0.3) is 16.5 Å². The lowest BCUT2D eigenvalue weighted by Crippen LogP contribution is -2.47. The summed E-state index contributed by atoms with van der Waals surface area (Å²) in [7, 11) is 2.15. The Kier molecular flexibility index (Phi) is 11.9. The van der Waals surface area contributed by atoms with Gasteiger partial charge in [-0.1, -0.05) is 18.2 Å². The lowest BCUT2D eigenvalue weighted by atomic mass is 9.79. The summed E-state index contributed by atoms with van der Waals surface area (Å²) in [5, 5.41) is 30.9. The zero-order valence-electron chi connectivity index (χ0n) is 31.5. The molecule has 296 valence electrons. The molecule has 2 aromatic carbocycles. The van der Waals surface area contributed by atoms with Gasteiger partial charge in [0.25, 0.3) is 11.5 Å². The van der Waals surface area contributed by atoms with E-state index in [0.717, 1.165) is 26.1 Å². The van der Waals surface area contributed by atoms with Gasteiger partial charge in [-0.15, -0.1) is 0 Å². The number of carboxylic acids is 2. The molecule has 17 nitrogen and oxygen atoms in total. The standard InChI is InChI=1S/C20H25N3O.C19H23N7O6/c1-4-23(5-2)20(24)14-9-16-15-7-6-8-17-19(15)13(11-21-17)10-18(16)22(3)12-14;20-19-25-15-14(17(30)26-19)23-11(8-22-15)7-21-10-3-1-9(2-4-10)16(29)24-12(18(31)32)5-6-13(27)28/h6-9,11,14,18,21H,4-5,10,12H2,1-3H3;1-4,11-12,21,23H,5-8H2,(H,24,29)(H,27,28)(H,31,32)(H4,20,22,25,26,30)/t14-,18-;11?,12-/m10/s1. The number of nitrogens with two attached hydrogens (primary N) is 1. The molecule has 0 fully saturated rings. The van der Waals surface area contributed by atoms with Crippen LogP contribution in [0.3, 0.4) is 0 Å². The molecule has 4 atom stereocenters. The minimum absolute atomic E-state index is 0.0281. The highest BCUT2D eigenvalue weighted by Gasteiger charge is 2.36. The van der Waals surface area contributed by atoms with E-state index >= 15 is 0 Å². The molecule has 4 heterocycles. The number of fused-ring (bicyclic) bond motifs is 3. The van der Waals surface area contributed by atoms with Gasteiger partial charge in [0, 0.05) is 73.5 Å². The molecule has 1 aliphatic carbocycles. The van der Waals surface area contributed by atoms with E-state index in [0.29, 0.717) is 36.3 Å². The van der Waals surface area contributed by atoms with Gasteiger partial charge in [-0.2, -0.15) is 4.98 Å². The number of H-pyrrole nitrogens is 2. The summed E-state index contributed by atoms with van der Waals surface area (Å²) >= 11 is 0. The molecule has 2 aliphatic heterocycles. The second-order valence-electron chi connectivity index (χ2n) is 14.1. The number of aliphatic carboxylic acids is 2. The van der Waals surface area contributed by atoms with Crippen LogP contribution in [-0.2, 0) is 20.8 Å². The first kappa shape index (κ1) is 39.3. The lowest BCUT2D eigenvalue weighted by molar-refractivity contribution is -0.140. The quantitative estimate of drug-likeness (QED) is 0.101. The molecule has 0 saturated heterocycles. The number of carbonyl (C=O) groups is 4. The van der Waals surface area contributed by atoms with E-state index in [1.807, 2.05) is 4.90 Å². The molecule has 17 heteroatoms. The Morgan fingerprint density at radius 2 is 1.84 bits per heavy atom. The molecular formula is C39H48N10O7. The van der Waals surface area contributed by atoms with Crippen LogP contribution in [0, 0.1) is 5.92 Å². The van der Waals surface area contributed by atoms with Crippen LogP contribution >= 0.6 is 0 Å². The van der Waals surface area contributed by atoms with E-state index in [1.165, 1.54) is 39.7 Å². The summed E-state index contributed by atoms with van der Waals surface area (Å²) in [5.41, 5.74) is 11.5. The van der Waals surface area contributed by atoms with Crippen LogP contribution in [0.2, 0.25) is 0 Å². The van der Waals surface area contributed by atoms with Gasteiger partial charge >= 0.3 is 11.9 Å². The van der Waals surface area contributed by atoms with E-state index in [9.17, 15) is 24.0 Å². The van der Waals surface area contributed by atoms with E-state index < -0.39 is 29.4 Å². The third-order valence-corrected chi connectivity index (χ3v) is 10.4. The summed E-state index contributed by atoms with van der Waals surface area (Å²) < 4.78 is 0. The first-order valence-electron chi connectivity index (χ1n) is 18.7. The summed E-state index contributed by atoms with van der Waals surface area (Å²) in [6.07, 6.45) is 4.82. The Bertz CT molecular complexity index is 2190. The van der Waals surface area contributed by atoms with Gasteiger partial charge in [0.2, 0.25) is 11.9 Å². The summed E-state index contributed by atoms with van der Waals surface area (Å²) in [6.45, 7) is 7.44. The van der Waals surface area contributed by atoms with Gasteiger partial charge in [-0.25, -0.2) is 4.79 Å². The van der Waals surface area contributed by atoms with Gasteiger partial charge < -0.3 is 52.1 Å². The Morgan fingerprint density at radius 1 is 1.09 bits per heavy atom. The van der Waals surface area contributed by atoms with Crippen LogP contribution in [0.5, 0.6) is 0 Å². The number of carbonyl (C=O) groups excluding carboxylic acids is 2. The smallest absolute Gasteiger partial charge is 0.326 e. The minimum Gasteiger partial charge on any atom is -0.481 e. The second-order valence-corrected chi connectivity index (χ2v) is 14.1. The maximum Gasteiger partial charge on any atom is 0.326 e. The van der Waals surface area contributed by atoms with Crippen LogP contribution in [0.4, 0.5) is 23.1 Å². The lowest BCUT2D eigenvalue weighted by Gasteiger charge is -2.40. The number of hydrogen-bond acceptors (Lipinski definition) is 11. The average molecular weight is 769 g/mol. The molecule has 7 rings (SSSR count). The third kappa shape index (κ3) is 8.62. The van der Waals surface area contributed by atoms with Crippen LogP contribution in [0.15, 0.2) is 59.5 Å². The number of carboxylic acid groups (broad SMARTS) is 2. The summed E-state index contributed by atoms with van der Waals surface area (Å²) in [4.78, 5) is 73.1. The molecule has 56 heavy (non-hydrogen) atoms. The number of hydrogen-bond donors (Lipinski definition) is 9. The molecule has 0 bridgehead atoms. The fourth-order valence-electron chi connectivity index (χ4n) is 7.48. The number of amides is 2. The van der Waals surface area contributed by atoms with Crippen molar-refractivity contribution in [1.82, 2.24) is 30.1 Å². The van der Waals surface area contributed by atoms with Crippen molar-refractivity contribution in [2.24, 2.45) is 5.92 Å². The first-order valence-corrected chi connectivity index (χ1v) is 18.7. The van der Waals surface area contributed by atoms with Crippen molar-refractivity contribution in [2.45, 2.75) is 51.2 Å². The molecule has 0 radical (unpaired) electrons. The zero-order chi connectivity index (χ0) is 40.1. The maximum absolute atomic E-state index is 12.9. The predicted octanol–water partition coefficient (Wildman–Crippen LogP) is 2.62. The summed E-state index contributed by atoms with van der Waals surface area (Å²) in [6, 6.07) is 11.8. The number of nitrogens with zero attached hydrogens (tertiary/aromatic N) is 3. The topological polar surface area (TPSA) is 251 Å². The molecule has 3 aliphatic rings. The number of benzene rings is 2. The van der Waals surface area contributed by atoms with Crippen molar-refractivity contribution in [3.05, 3.63) is 81.8 Å². The highest BCUT2D eigenvalue weighted by atomic mass is 16.4. The molecule has 2 amide bonds. The number of anilines is 4. The van der Waals surface area contributed by atoms with E-state index in [4.69, 9.17) is 15.9 Å². The number of nitrogens with one attached hydrogen (secondary N) is 6. The van der Waals surface area contributed by atoms with Crippen LogP contribution in [0.1, 0.15) is 48.2 Å². The number of nitrogen functional groups attached to an aromatic ring is 1. The first-order chi connectivity index (χ1) is 26.9. The minimum atomic E-state index is -1.30. The van der Waals surface area contributed by atoms with Crippen molar-refractivity contribution in [1.29, 1.82) is 0 Å². The molecule has 0 spiro atoms. The monoisotopic (exact) mass is 768 g/mol. The van der Waals surface area contributed by atoms with Gasteiger partial charge in [0.1, 0.15) is 17.5 Å². The average Bonchev–Trinajstić information content (AvgIpc) is 3.60. The molecule has 0 saturated carbocycles. The van der Waals surface area contributed by atoms with E-state index in [-0.39, 0.29) is 42.2 Å². The van der Waals surface area contributed by atoms with Crippen molar-refractivity contribution < 1.29 is 29.4 Å². The number of aromatic amines is 2. The Balaban J connectivity index is 0.000000197. The number of rotatable bonds is 12. The largest absolute Gasteiger partial charge is 0.481 e. The van der Waals surface area contributed by atoms with Gasteiger partial charge in [0.15, 0.2) is 0 Å². The van der Waals surface area contributed by atoms with Crippen molar-refractivity contribution in [3.8, 4) is 0 Å². The highest BCUT2D eigenvalue weighted by Crippen LogP contribution is 2.41. The highest BCUT2D eigenvalue weighted by molar-refractivity contribution is 5.99. The SMILES string of the molecule is CCN(CC)C(=O)[C@@H]1C=C2c3cccc4[nH]cc(c34)C[C@H]2N(C)C1.Nc1nc(=O)c2c([nH]1)NCC(CNc1ccc(C(=O)N[C@@H](CCC(=O)O)C(=O)O)cc1)N2. The normalized spacial score (nSPS) is 18.7. The van der Waals surface area contributed by atoms with Crippen molar-refractivity contribution in [2.75, 3.05) is 61.5 Å². The molecule has 2 aromatic heterocycles. The molecular weight excluding hydrogens is 720 g/mol. The Morgan fingerprint density at radius 3 is 2.54 bits per heavy atom. The number of likely N-dealkylation sites (N-methyl/N-ethyl adjacent to an activating group) is 1. The zero-order valence-corrected chi connectivity index (χ0v) is 31.5. The van der Waals surface area contributed by atoms with Crippen molar-refractivity contribution >= 4 is 63.4 Å². The Hall–Kier alpha value is -6.36. The van der Waals surface area contributed by atoms with Gasteiger partial charge in [-0.3, -0.25) is 24.1 Å². The fourth-order valence-corrected chi connectivity index (χ4v) is 7.48. The molecule has 4 aromatic rings. The number of aromatic nitrogens is 3. The Labute approximate surface area is 322 Å². The van der Waals surface area contributed by atoms with Gasteiger partial charge in [-0.05, 0) is 80.8 Å². The molecule has 1 unspecified atom stereocenters. The van der Waals surface area contributed by atoms with Crippen molar-refractivity contribution in [3.63, 3.8) is 0 Å². The second kappa shape index (κ2) is 17.0. The van der Waals surface area contributed by atoms with Crippen LogP contribution in [-0.4, -0.2) is 117 Å². The van der Waals surface area contributed by atoms with E-state index in [1.54, 1.807) is 12.1 Å². The van der Waals surface area contributed by atoms with Gasteiger partial charge in [0.05, 0.1) is 12.0 Å². The van der Waals surface area contributed by atoms with E-state index in [2.05, 4.69) is 92.5 Å².